The van der Waals surface area contributed by atoms with Crippen molar-refractivity contribution in [3.8, 4) is 11.1 Å². The molecule has 0 aromatic heterocycles. The van der Waals surface area contributed by atoms with Gasteiger partial charge in [-0.25, -0.2) is 9.59 Å². The van der Waals surface area contributed by atoms with E-state index in [9.17, 15) is 19.5 Å². The monoisotopic (exact) mass is 466 g/mol. The van der Waals surface area contributed by atoms with Crippen LogP contribution in [-0.2, 0) is 19.1 Å². The van der Waals surface area contributed by atoms with Gasteiger partial charge in [0.2, 0.25) is 5.91 Å². The number of carboxylic acid groups (broad SMARTS) is 1. The standard InChI is InChI=1S/C26H30N2O6/c1-2-22(23(29)30)28-24(31)26(12-7-13-33-16-26)15-27-25(32)34-14-21-19-10-5-3-8-17(19)18-9-4-6-11-20(18)21/h3-6,8-11,21-22H,2,7,12-16H2,1H3,(H,27,32)(H,28,31)(H,29,30)/t22-,26?/m0/s1. The number of aliphatic carboxylic acids is 1. The Morgan fingerprint density at radius 3 is 2.32 bits per heavy atom. The van der Waals surface area contributed by atoms with Gasteiger partial charge in [0.1, 0.15) is 12.6 Å². The number of hydrogen-bond acceptors (Lipinski definition) is 5. The van der Waals surface area contributed by atoms with E-state index in [0.29, 0.717) is 19.4 Å². The summed E-state index contributed by atoms with van der Waals surface area (Å²) in [5.74, 6) is -1.58. The quantitative estimate of drug-likeness (QED) is 0.550. The summed E-state index contributed by atoms with van der Waals surface area (Å²) in [7, 11) is 0. The predicted molar refractivity (Wildman–Crippen MR) is 125 cm³/mol. The summed E-state index contributed by atoms with van der Waals surface area (Å²) in [4.78, 5) is 37.0. The van der Waals surface area contributed by atoms with Crippen LogP contribution in [0.2, 0.25) is 0 Å². The van der Waals surface area contributed by atoms with E-state index in [1.54, 1.807) is 6.92 Å². The molecule has 34 heavy (non-hydrogen) atoms. The summed E-state index contributed by atoms with van der Waals surface area (Å²) in [5.41, 5.74) is 3.49. The fourth-order valence-electron chi connectivity index (χ4n) is 4.79. The van der Waals surface area contributed by atoms with Gasteiger partial charge in [0.25, 0.3) is 0 Å². The van der Waals surface area contributed by atoms with Crippen LogP contribution in [-0.4, -0.2) is 55.5 Å². The van der Waals surface area contributed by atoms with Crippen molar-refractivity contribution in [2.45, 2.75) is 38.1 Å². The molecule has 2 atom stereocenters. The van der Waals surface area contributed by atoms with Crippen molar-refractivity contribution in [3.63, 3.8) is 0 Å². The van der Waals surface area contributed by atoms with Crippen LogP contribution in [0.3, 0.4) is 0 Å². The van der Waals surface area contributed by atoms with Crippen molar-refractivity contribution in [2.24, 2.45) is 5.41 Å². The highest BCUT2D eigenvalue weighted by Gasteiger charge is 2.42. The molecule has 1 aliphatic heterocycles. The number of fused-ring (bicyclic) bond motifs is 3. The molecule has 2 amide bonds. The molecule has 0 radical (unpaired) electrons. The molecule has 1 unspecified atom stereocenters. The first-order valence-corrected chi connectivity index (χ1v) is 11.7. The average molecular weight is 467 g/mol. The number of amides is 2. The molecule has 8 heteroatoms. The van der Waals surface area contributed by atoms with E-state index in [1.165, 1.54) is 0 Å². The normalized spacial score (nSPS) is 20.0. The molecule has 0 bridgehead atoms. The molecule has 2 aliphatic rings. The third-order valence-corrected chi connectivity index (χ3v) is 6.73. The number of nitrogens with one attached hydrogen (secondary N) is 2. The van der Waals surface area contributed by atoms with Gasteiger partial charge in [-0.15, -0.1) is 0 Å². The van der Waals surface area contributed by atoms with Gasteiger partial charge in [-0.1, -0.05) is 55.5 Å². The van der Waals surface area contributed by atoms with E-state index in [0.717, 1.165) is 22.3 Å². The van der Waals surface area contributed by atoms with Crippen molar-refractivity contribution in [3.05, 3.63) is 59.7 Å². The Morgan fingerprint density at radius 2 is 1.76 bits per heavy atom. The molecule has 1 aliphatic carbocycles. The fraction of sp³-hybridized carbons (Fsp3) is 0.423. The third kappa shape index (κ3) is 4.77. The van der Waals surface area contributed by atoms with Gasteiger partial charge in [-0.05, 0) is 41.5 Å². The topological polar surface area (TPSA) is 114 Å². The maximum atomic E-state index is 13.0. The molecule has 0 spiro atoms. The number of carboxylic acids is 1. The van der Waals surface area contributed by atoms with Gasteiger partial charge < -0.3 is 25.2 Å². The van der Waals surface area contributed by atoms with Crippen LogP contribution in [0.25, 0.3) is 11.1 Å². The van der Waals surface area contributed by atoms with Crippen LogP contribution in [0.5, 0.6) is 0 Å². The fourth-order valence-corrected chi connectivity index (χ4v) is 4.79. The molecule has 180 valence electrons. The van der Waals surface area contributed by atoms with Crippen molar-refractivity contribution < 1.29 is 29.0 Å². The van der Waals surface area contributed by atoms with E-state index in [1.807, 2.05) is 36.4 Å². The lowest BCUT2D eigenvalue weighted by Gasteiger charge is -2.36. The second-order valence-electron chi connectivity index (χ2n) is 8.89. The minimum atomic E-state index is -1.09. The molecular formula is C26H30N2O6. The Labute approximate surface area is 198 Å². The highest BCUT2D eigenvalue weighted by molar-refractivity contribution is 5.88. The van der Waals surface area contributed by atoms with Crippen molar-refractivity contribution >= 4 is 18.0 Å². The van der Waals surface area contributed by atoms with Crippen molar-refractivity contribution in [1.82, 2.24) is 10.6 Å². The van der Waals surface area contributed by atoms with Crippen LogP contribution in [0.15, 0.2) is 48.5 Å². The summed E-state index contributed by atoms with van der Waals surface area (Å²) in [6.07, 6.45) is 0.768. The van der Waals surface area contributed by atoms with Crippen molar-refractivity contribution in [1.29, 1.82) is 0 Å². The molecule has 1 fully saturated rings. The second-order valence-corrected chi connectivity index (χ2v) is 8.89. The summed E-state index contributed by atoms with van der Waals surface area (Å²) in [6.45, 7) is 2.50. The average Bonchev–Trinajstić information content (AvgIpc) is 3.18. The van der Waals surface area contributed by atoms with E-state index in [-0.39, 0.29) is 32.1 Å². The lowest BCUT2D eigenvalue weighted by atomic mass is 9.81. The predicted octanol–water partition coefficient (Wildman–Crippen LogP) is 3.30. The molecule has 2 aromatic carbocycles. The molecular weight excluding hydrogens is 436 g/mol. The van der Waals surface area contributed by atoms with Gasteiger partial charge in [0, 0.05) is 19.1 Å². The summed E-state index contributed by atoms with van der Waals surface area (Å²) >= 11 is 0. The second kappa shape index (κ2) is 10.3. The zero-order valence-corrected chi connectivity index (χ0v) is 19.2. The first-order valence-electron chi connectivity index (χ1n) is 11.7. The largest absolute Gasteiger partial charge is 0.480 e. The summed E-state index contributed by atoms with van der Waals surface area (Å²) < 4.78 is 11.1. The lowest BCUT2D eigenvalue weighted by molar-refractivity contribution is -0.147. The number of hydrogen-bond donors (Lipinski definition) is 3. The highest BCUT2D eigenvalue weighted by atomic mass is 16.5. The van der Waals surface area contributed by atoms with Gasteiger partial charge in [-0.2, -0.15) is 0 Å². The molecule has 1 heterocycles. The first-order chi connectivity index (χ1) is 16.4. The number of ether oxygens (including phenoxy) is 2. The van der Waals surface area contributed by atoms with Crippen LogP contribution in [0, 0.1) is 5.41 Å². The number of carbonyl (C=O) groups excluding carboxylic acids is 2. The zero-order valence-electron chi connectivity index (χ0n) is 19.2. The molecule has 8 nitrogen and oxygen atoms in total. The maximum absolute atomic E-state index is 13.0. The molecule has 4 rings (SSSR count). The van der Waals surface area contributed by atoms with E-state index in [2.05, 4.69) is 22.8 Å². The molecule has 3 N–H and O–H groups in total. The van der Waals surface area contributed by atoms with Crippen molar-refractivity contribution in [2.75, 3.05) is 26.4 Å². The van der Waals surface area contributed by atoms with Gasteiger partial charge in [-0.3, -0.25) is 4.79 Å². The SMILES string of the molecule is CC[C@H](NC(=O)C1(CNC(=O)OCC2c3ccccc3-c3ccccc32)CCCOC1)C(=O)O. The van der Waals surface area contributed by atoms with Crippen LogP contribution >= 0.6 is 0 Å². The van der Waals surface area contributed by atoms with Gasteiger partial charge in [0.05, 0.1) is 12.0 Å². The van der Waals surface area contributed by atoms with Gasteiger partial charge >= 0.3 is 12.1 Å². The smallest absolute Gasteiger partial charge is 0.407 e. The van der Waals surface area contributed by atoms with Gasteiger partial charge in [0.15, 0.2) is 0 Å². The van der Waals surface area contributed by atoms with Crippen LogP contribution in [0.1, 0.15) is 43.2 Å². The molecule has 2 aromatic rings. The van der Waals surface area contributed by atoms with E-state index < -0.39 is 29.4 Å². The lowest BCUT2D eigenvalue weighted by Crippen LogP contribution is -2.56. The summed E-state index contributed by atoms with van der Waals surface area (Å²) in [5, 5.41) is 14.6. The number of rotatable bonds is 8. The van der Waals surface area contributed by atoms with Crippen LogP contribution < -0.4 is 10.6 Å². The minimum absolute atomic E-state index is 0.00552. The Balaban J connectivity index is 1.39. The Morgan fingerprint density at radius 1 is 1.12 bits per heavy atom. The van der Waals surface area contributed by atoms with E-state index in [4.69, 9.17) is 9.47 Å². The highest BCUT2D eigenvalue weighted by Crippen LogP contribution is 2.44. The molecule has 0 saturated carbocycles. The zero-order chi connectivity index (χ0) is 24.1. The Kier molecular flexibility index (Phi) is 7.17. The Bertz CT molecular complexity index is 1020. The number of benzene rings is 2. The third-order valence-electron chi connectivity index (χ3n) is 6.73. The van der Waals surface area contributed by atoms with Crippen LogP contribution in [0.4, 0.5) is 4.79 Å². The molecule has 1 saturated heterocycles. The first kappa shape index (κ1) is 23.8. The summed E-state index contributed by atoms with van der Waals surface area (Å²) in [6, 6.07) is 15.2. The maximum Gasteiger partial charge on any atom is 0.407 e. The van der Waals surface area contributed by atoms with E-state index >= 15 is 0 Å². The Hall–Kier alpha value is -3.39. The number of alkyl carbamates (subject to hydrolysis) is 1. The minimum Gasteiger partial charge on any atom is -0.480 e. The number of carbonyl (C=O) groups is 3.